The van der Waals surface area contributed by atoms with Gasteiger partial charge in [0.15, 0.2) is 0 Å². The summed E-state index contributed by atoms with van der Waals surface area (Å²) in [4.78, 5) is 0. The first-order chi connectivity index (χ1) is 8.28. The Morgan fingerprint density at radius 2 is 1.50 bits per heavy atom. The minimum atomic E-state index is -2.76. The summed E-state index contributed by atoms with van der Waals surface area (Å²) in [6, 6.07) is 8.70. The van der Waals surface area contributed by atoms with Crippen LogP contribution >= 0.6 is 0 Å². The highest BCUT2D eigenvalue weighted by Crippen LogP contribution is 2.31. The Hall–Kier alpha value is -0.830. The molecule has 0 atom stereocenters. The third kappa shape index (κ3) is 3.14. The van der Waals surface area contributed by atoms with Crippen molar-refractivity contribution >= 4 is 9.84 Å². The minimum absolute atomic E-state index is 0.175. The van der Waals surface area contributed by atoms with Gasteiger partial charge in [0.25, 0.3) is 0 Å². The molecule has 0 aliphatic carbocycles. The summed E-state index contributed by atoms with van der Waals surface area (Å²) >= 11 is 0. The fraction of sp³-hybridized carbons (Fsp3) is 0.600. The molecule has 0 unspecified atom stereocenters. The Bertz CT molecular complexity index is 492. The van der Waals surface area contributed by atoms with Crippen LogP contribution in [0.5, 0.6) is 0 Å². The van der Waals surface area contributed by atoms with Crippen LogP contribution in [0.2, 0.25) is 0 Å². The molecule has 0 aromatic heterocycles. The first-order valence-corrected chi connectivity index (χ1v) is 8.41. The SMILES string of the molecule is CC(C)(C)c1ccc(C2CCS(=O)(=O)CC2)cc1. The molecule has 0 N–H and O–H groups in total. The van der Waals surface area contributed by atoms with Crippen LogP contribution in [-0.4, -0.2) is 19.9 Å². The highest BCUT2D eigenvalue weighted by atomic mass is 32.2. The monoisotopic (exact) mass is 266 g/mol. The zero-order valence-electron chi connectivity index (χ0n) is 11.4. The van der Waals surface area contributed by atoms with E-state index in [2.05, 4.69) is 45.0 Å². The molecular weight excluding hydrogens is 244 g/mol. The molecule has 1 heterocycles. The average molecular weight is 266 g/mol. The molecule has 1 fully saturated rings. The van der Waals surface area contributed by atoms with E-state index in [0.29, 0.717) is 17.4 Å². The lowest BCUT2D eigenvalue weighted by molar-refractivity contribution is 0.549. The van der Waals surface area contributed by atoms with Crippen LogP contribution in [-0.2, 0) is 15.3 Å². The Morgan fingerprint density at radius 1 is 1.00 bits per heavy atom. The normalized spacial score (nSPS) is 20.8. The van der Waals surface area contributed by atoms with Crippen molar-refractivity contribution in [3.8, 4) is 0 Å². The lowest BCUT2D eigenvalue weighted by atomic mass is 9.85. The molecule has 0 spiro atoms. The first kappa shape index (κ1) is 13.6. The maximum atomic E-state index is 11.4. The molecule has 0 bridgehead atoms. The van der Waals surface area contributed by atoms with Crippen molar-refractivity contribution < 1.29 is 8.42 Å². The second kappa shape index (κ2) is 4.69. The highest BCUT2D eigenvalue weighted by molar-refractivity contribution is 7.91. The molecule has 0 saturated carbocycles. The molecule has 2 rings (SSSR count). The quantitative estimate of drug-likeness (QED) is 0.781. The fourth-order valence-corrected chi connectivity index (χ4v) is 3.97. The summed E-state index contributed by atoms with van der Waals surface area (Å²) in [7, 11) is -2.76. The van der Waals surface area contributed by atoms with Gasteiger partial charge in [-0.25, -0.2) is 8.42 Å². The number of hydrogen-bond acceptors (Lipinski definition) is 2. The highest BCUT2D eigenvalue weighted by Gasteiger charge is 2.24. The predicted octanol–water partition coefficient (Wildman–Crippen LogP) is 3.28. The molecule has 1 aromatic carbocycles. The van der Waals surface area contributed by atoms with Crippen molar-refractivity contribution in [2.24, 2.45) is 0 Å². The largest absolute Gasteiger partial charge is 0.229 e. The van der Waals surface area contributed by atoms with Gasteiger partial charge in [0.05, 0.1) is 11.5 Å². The van der Waals surface area contributed by atoms with Crippen LogP contribution in [0.15, 0.2) is 24.3 Å². The van der Waals surface area contributed by atoms with Crippen LogP contribution in [0, 0.1) is 0 Å². The second-order valence-corrected chi connectivity index (χ2v) is 8.60. The molecule has 18 heavy (non-hydrogen) atoms. The molecule has 1 aliphatic rings. The molecule has 100 valence electrons. The van der Waals surface area contributed by atoms with Crippen molar-refractivity contribution in [1.29, 1.82) is 0 Å². The van der Waals surface area contributed by atoms with Gasteiger partial charge in [-0.2, -0.15) is 0 Å². The minimum Gasteiger partial charge on any atom is -0.229 e. The maximum Gasteiger partial charge on any atom is 0.150 e. The topological polar surface area (TPSA) is 34.1 Å². The lowest BCUT2D eigenvalue weighted by Crippen LogP contribution is -2.22. The van der Waals surface area contributed by atoms with Crippen molar-refractivity contribution in [2.45, 2.75) is 44.9 Å². The van der Waals surface area contributed by atoms with Gasteiger partial charge in [0, 0.05) is 0 Å². The summed E-state index contributed by atoms with van der Waals surface area (Å²) in [6.07, 6.45) is 1.55. The molecule has 1 aromatic rings. The molecule has 1 aliphatic heterocycles. The molecule has 0 amide bonds. The third-order valence-electron chi connectivity index (χ3n) is 3.80. The van der Waals surface area contributed by atoms with Gasteiger partial charge in [0.2, 0.25) is 0 Å². The molecule has 0 radical (unpaired) electrons. The standard InChI is InChI=1S/C15H22O2S/c1-15(2,3)14-6-4-12(5-7-14)13-8-10-18(16,17)11-9-13/h4-7,13H,8-11H2,1-3H3. The third-order valence-corrected chi connectivity index (χ3v) is 5.52. The summed E-state index contributed by atoms with van der Waals surface area (Å²) < 4.78 is 22.8. The average Bonchev–Trinajstić information content (AvgIpc) is 2.28. The Labute approximate surface area is 110 Å². The van der Waals surface area contributed by atoms with Gasteiger partial charge in [-0.1, -0.05) is 45.0 Å². The molecular formula is C15H22O2S. The maximum absolute atomic E-state index is 11.4. The van der Waals surface area contributed by atoms with Gasteiger partial charge in [-0.3, -0.25) is 0 Å². The van der Waals surface area contributed by atoms with Gasteiger partial charge in [-0.15, -0.1) is 0 Å². The van der Waals surface area contributed by atoms with Crippen molar-refractivity contribution in [3.05, 3.63) is 35.4 Å². The van der Waals surface area contributed by atoms with E-state index in [1.165, 1.54) is 11.1 Å². The van der Waals surface area contributed by atoms with E-state index < -0.39 is 9.84 Å². The van der Waals surface area contributed by atoms with Crippen LogP contribution in [0.4, 0.5) is 0 Å². The first-order valence-electron chi connectivity index (χ1n) is 6.59. The number of benzene rings is 1. The van der Waals surface area contributed by atoms with Gasteiger partial charge in [-0.05, 0) is 35.3 Å². The summed E-state index contributed by atoms with van der Waals surface area (Å²) in [6.45, 7) is 6.61. The molecule has 3 heteroatoms. The van der Waals surface area contributed by atoms with E-state index in [1.54, 1.807) is 0 Å². The van der Waals surface area contributed by atoms with Crippen molar-refractivity contribution in [1.82, 2.24) is 0 Å². The Kier molecular flexibility index (Phi) is 3.54. The summed E-state index contributed by atoms with van der Waals surface area (Å²) in [5, 5.41) is 0. The lowest BCUT2D eigenvalue weighted by Gasteiger charge is -2.24. The number of rotatable bonds is 1. The Morgan fingerprint density at radius 3 is 1.94 bits per heavy atom. The number of hydrogen-bond donors (Lipinski definition) is 0. The van der Waals surface area contributed by atoms with Gasteiger partial charge in [0.1, 0.15) is 9.84 Å². The van der Waals surface area contributed by atoms with Crippen LogP contribution in [0.3, 0.4) is 0 Å². The van der Waals surface area contributed by atoms with Crippen LogP contribution < -0.4 is 0 Å². The van der Waals surface area contributed by atoms with E-state index >= 15 is 0 Å². The Balaban J connectivity index is 2.12. The van der Waals surface area contributed by atoms with Crippen LogP contribution in [0.1, 0.15) is 50.7 Å². The van der Waals surface area contributed by atoms with E-state index in [-0.39, 0.29) is 5.41 Å². The van der Waals surface area contributed by atoms with Gasteiger partial charge >= 0.3 is 0 Å². The molecule has 2 nitrogen and oxygen atoms in total. The van der Waals surface area contributed by atoms with E-state index in [4.69, 9.17) is 0 Å². The summed E-state index contributed by atoms with van der Waals surface area (Å²) in [5.74, 6) is 1.11. The second-order valence-electron chi connectivity index (χ2n) is 6.30. The van der Waals surface area contributed by atoms with E-state index in [9.17, 15) is 8.42 Å². The predicted molar refractivity (Wildman–Crippen MR) is 75.8 cm³/mol. The zero-order chi connectivity index (χ0) is 13.4. The summed E-state index contributed by atoms with van der Waals surface area (Å²) in [5.41, 5.74) is 2.79. The van der Waals surface area contributed by atoms with Crippen molar-refractivity contribution in [2.75, 3.05) is 11.5 Å². The van der Waals surface area contributed by atoms with E-state index in [0.717, 1.165) is 12.8 Å². The fourth-order valence-electron chi connectivity index (χ4n) is 2.48. The smallest absolute Gasteiger partial charge is 0.150 e. The van der Waals surface area contributed by atoms with E-state index in [1.807, 2.05) is 0 Å². The molecule has 1 saturated heterocycles. The number of sulfone groups is 1. The van der Waals surface area contributed by atoms with Crippen LogP contribution in [0.25, 0.3) is 0 Å². The zero-order valence-corrected chi connectivity index (χ0v) is 12.3. The van der Waals surface area contributed by atoms with Crippen molar-refractivity contribution in [3.63, 3.8) is 0 Å². The van der Waals surface area contributed by atoms with Gasteiger partial charge < -0.3 is 0 Å².